The van der Waals surface area contributed by atoms with Crippen molar-refractivity contribution in [2.75, 3.05) is 5.88 Å². The molecular formula is C8H8ClNO2S. The second-order valence-electron chi connectivity index (χ2n) is 2.56. The highest BCUT2D eigenvalue weighted by molar-refractivity contribution is 7.16. The number of allylic oxidation sites excluding steroid dienone is 1. The quantitative estimate of drug-likeness (QED) is 0.443. The first-order valence-corrected chi connectivity index (χ1v) is 4.96. The van der Waals surface area contributed by atoms with Gasteiger partial charge in [0.25, 0.3) is 0 Å². The fraction of sp³-hybridized carbons (Fsp3) is 0.250. The third-order valence-corrected chi connectivity index (χ3v) is 2.80. The summed E-state index contributed by atoms with van der Waals surface area (Å²) in [5, 5.41) is 10.5. The molecule has 0 fully saturated rings. The van der Waals surface area contributed by atoms with E-state index in [4.69, 9.17) is 11.6 Å². The SMILES string of the molecule is C/C(=C/c1ccc([N+](=O)[O-])s1)CCl. The van der Waals surface area contributed by atoms with Gasteiger partial charge in [-0.3, -0.25) is 10.1 Å². The van der Waals surface area contributed by atoms with Crippen molar-refractivity contribution in [1.82, 2.24) is 0 Å². The van der Waals surface area contributed by atoms with Gasteiger partial charge in [0.15, 0.2) is 0 Å². The first kappa shape index (κ1) is 10.2. The van der Waals surface area contributed by atoms with E-state index in [0.717, 1.165) is 21.8 Å². The molecular weight excluding hydrogens is 210 g/mol. The van der Waals surface area contributed by atoms with Crippen LogP contribution in [0.25, 0.3) is 6.08 Å². The Hall–Kier alpha value is -0.870. The summed E-state index contributed by atoms with van der Waals surface area (Å²) in [4.78, 5) is 10.8. The lowest BCUT2D eigenvalue weighted by molar-refractivity contribution is -0.380. The van der Waals surface area contributed by atoms with Crippen LogP contribution in [-0.4, -0.2) is 10.8 Å². The largest absolute Gasteiger partial charge is 0.324 e. The zero-order valence-corrected chi connectivity index (χ0v) is 8.56. The molecule has 0 aliphatic carbocycles. The first-order valence-electron chi connectivity index (χ1n) is 3.61. The maximum Gasteiger partial charge on any atom is 0.324 e. The molecule has 1 aromatic heterocycles. The average Bonchev–Trinajstić information content (AvgIpc) is 2.52. The molecule has 5 heteroatoms. The van der Waals surface area contributed by atoms with Crippen molar-refractivity contribution in [3.05, 3.63) is 32.7 Å². The van der Waals surface area contributed by atoms with E-state index in [1.165, 1.54) is 6.07 Å². The molecule has 0 spiro atoms. The van der Waals surface area contributed by atoms with Crippen LogP contribution in [-0.2, 0) is 0 Å². The zero-order valence-electron chi connectivity index (χ0n) is 6.99. The third-order valence-electron chi connectivity index (χ3n) is 1.39. The highest BCUT2D eigenvalue weighted by atomic mass is 35.5. The van der Waals surface area contributed by atoms with Crippen LogP contribution in [0.1, 0.15) is 11.8 Å². The first-order chi connectivity index (χ1) is 6.13. The van der Waals surface area contributed by atoms with Gasteiger partial charge in [-0.2, -0.15) is 0 Å². The van der Waals surface area contributed by atoms with Gasteiger partial charge in [-0.25, -0.2) is 0 Å². The molecule has 0 radical (unpaired) electrons. The predicted octanol–water partition coefficient (Wildman–Crippen LogP) is 3.30. The Kier molecular flexibility index (Phi) is 3.45. The fourth-order valence-corrected chi connectivity index (χ4v) is 1.72. The number of rotatable bonds is 3. The molecule has 0 N–H and O–H groups in total. The standard InChI is InChI=1S/C8H8ClNO2S/c1-6(5-9)4-7-2-3-8(13-7)10(11)12/h2-4H,5H2,1H3/b6-4-. The molecule has 0 aromatic carbocycles. The molecule has 0 unspecified atom stereocenters. The summed E-state index contributed by atoms with van der Waals surface area (Å²) in [6, 6.07) is 3.22. The minimum atomic E-state index is -0.391. The maximum atomic E-state index is 10.3. The molecule has 1 heterocycles. The second-order valence-corrected chi connectivity index (χ2v) is 3.92. The Morgan fingerprint density at radius 1 is 1.77 bits per heavy atom. The van der Waals surface area contributed by atoms with E-state index in [1.807, 2.05) is 13.0 Å². The van der Waals surface area contributed by atoms with Crippen molar-refractivity contribution in [1.29, 1.82) is 0 Å². The smallest absolute Gasteiger partial charge is 0.258 e. The monoisotopic (exact) mass is 217 g/mol. The molecule has 0 saturated heterocycles. The van der Waals surface area contributed by atoms with E-state index in [-0.39, 0.29) is 5.00 Å². The van der Waals surface area contributed by atoms with Gasteiger partial charge in [0, 0.05) is 16.8 Å². The molecule has 0 aliphatic rings. The van der Waals surface area contributed by atoms with E-state index in [2.05, 4.69) is 0 Å². The summed E-state index contributed by atoms with van der Waals surface area (Å²) in [7, 11) is 0. The summed E-state index contributed by atoms with van der Waals surface area (Å²) in [5.41, 5.74) is 0.999. The summed E-state index contributed by atoms with van der Waals surface area (Å²) in [6.07, 6.45) is 1.85. The van der Waals surface area contributed by atoms with Crippen molar-refractivity contribution in [2.24, 2.45) is 0 Å². The molecule has 3 nitrogen and oxygen atoms in total. The summed E-state index contributed by atoms with van der Waals surface area (Å²) in [5.74, 6) is 0.450. The molecule has 0 amide bonds. The molecule has 1 aromatic rings. The van der Waals surface area contributed by atoms with Gasteiger partial charge < -0.3 is 0 Å². The molecule has 13 heavy (non-hydrogen) atoms. The van der Waals surface area contributed by atoms with Crippen LogP contribution < -0.4 is 0 Å². The molecule has 70 valence electrons. The summed E-state index contributed by atoms with van der Waals surface area (Å²) in [6.45, 7) is 1.89. The normalized spacial score (nSPS) is 11.7. The molecule has 1 rings (SSSR count). The van der Waals surface area contributed by atoms with Gasteiger partial charge >= 0.3 is 5.00 Å². The Bertz CT molecular complexity index is 346. The number of hydrogen-bond acceptors (Lipinski definition) is 3. The van der Waals surface area contributed by atoms with Crippen LogP contribution >= 0.6 is 22.9 Å². The minimum absolute atomic E-state index is 0.161. The van der Waals surface area contributed by atoms with Crippen LogP contribution in [0.2, 0.25) is 0 Å². The Morgan fingerprint density at radius 3 is 2.92 bits per heavy atom. The molecule has 0 bridgehead atoms. The van der Waals surface area contributed by atoms with Gasteiger partial charge in [-0.05, 0) is 19.1 Å². The number of alkyl halides is 1. The zero-order chi connectivity index (χ0) is 9.84. The van der Waals surface area contributed by atoms with Gasteiger partial charge in [0.1, 0.15) is 0 Å². The van der Waals surface area contributed by atoms with Crippen LogP contribution in [0, 0.1) is 10.1 Å². The Balaban J connectivity index is 2.86. The van der Waals surface area contributed by atoms with E-state index in [0.29, 0.717) is 5.88 Å². The van der Waals surface area contributed by atoms with Crippen molar-refractivity contribution in [3.8, 4) is 0 Å². The lowest BCUT2D eigenvalue weighted by Crippen LogP contribution is -1.80. The Labute approximate surface area is 84.8 Å². The van der Waals surface area contributed by atoms with Gasteiger partial charge in [-0.1, -0.05) is 16.9 Å². The topological polar surface area (TPSA) is 43.1 Å². The van der Waals surface area contributed by atoms with E-state index in [9.17, 15) is 10.1 Å². The molecule has 0 aliphatic heterocycles. The van der Waals surface area contributed by atoms with Crippen LogP contribution in [0.15, 0.2) is 17.7 Å². The molecule has 0 saturated carbocycles. The molecule has 0 atom stereocenters. The van der Waals surface area contributed by atoms with E-state index < -0.39 is 4.92 Å². The number of thiophene rings is 1. The lowest BCUT2D eigenvalue weighted by atomic mass is 10.3. The van der Waals surface area contributed by atoms with E-state index >= 15 is 0 Å². The summed E-state index contributed by atoms with van der Waals surface area (Å²) >= 11 is 6.72. The van der Waals surface area contributed by atoms with Crippen molar-refractivity contribution < 1.29 is 4.92 Å². The van der Waals surface area contributed by atoms with Crippen molar-refractivity contribution in [3.63, 3.8) is 0 Å². The Morgan fingerprint density at radius 2 is 2.46 bits per heavy atom. The van der Waals surface area contributed by atoms with Gasteiger partial charge in [-0.15, -0.1) is 11.6 Å². The summed E-state index contributed by atoms with van der Waals surface area (Å²) < 4.78 is 0. The average molecular weight is 218 g/mol. The predicted molar refractivity (Wildman–Crippen MR) is 55.3 cm³/mol. The number of nitro groups is 1. The minimum Gasteiger partial charge on any atom is -0.258 e. The van der Waals surface area contributed by atoms with Crippen molar-refractivity contribution >= 4 is 34.0 Å². The van der Waals surface area contributed by atoms with Gasteiger partial charge in [0.05, 0.1) is 4.92 Å². The number of hydrogen-bond donors (Lipinski definition) is 0. The van der Waals surface area contributed by atoms with Gasteiger partial charge in [0.2, 0.25) is 0 Å². The highest BCUT2D eigenvalue weighted by Gasteiger charge is 2.07. The number of halogens is 1. The van der Waals surface area contributed by atoms with E-state index in [1.54, 1.807) is 6.07 Å². The van der Waals surface area contributed by atoms with Crippen molar-refractivity contribution in [2.45, 2.75) is 6.92 Å². The fourth-order valence-electron chi connectivity index (χ4n) is 0.799. The third kappa shape index (κ3) is 2.82. The second kappa shape index (κ2) is 4.39. The van der Waals surface area contributed by atoms with Crippen LogP contribution in [0.3, 0.4) is 0 Å². The van der Waals surface area contributed by atoms with Crippen LogP contribution in [0.4, 0.5) is 5.00 Å². The number of nitrogens with zero attached hydrogens (tertiary/aromatic N) is 1. The van der Waals surface area contributed by atoms with Crippen LogP contribution in [0.5, 0.6) is 0 Å². The maximum absolute atomic E-state index is 10.3. The highest BCUT2D eigenvalue weighted by Crippen LogP contribution is 2.25. The lowest BCUT2D eigenvalue weighted by Gasteiger charge is -1.89.